The first-order valence-corrected chi connectivity index (χ1v) is 19.3. The monoisotopic (exact) mass is 602 g/mol. The molecule has 0 fully saturated rings. The molecule has 1 atom stereocenters. The van der Waals surface area contributed by atoms with E-state index in [1.54, 1.807) is 37.4 Å². The van der Waals surface area contributed by atoms with Gasteiger partial charge in [0, 0.05) is 38.2 Å². The van der Waals surface area contributed by atoms with E-state index in [2.05, 4.69) is 25.7 Å². The highest BCUT2D eigenvalue weighted by atomic mass is 32.2. The van der Waals surface area contributed by atoms with Crippen LogP contribution in [-0.4, -0.2) is 46.5 Å². The fourth-order valence-electron chi connectivity index (χ4n) is 5.54. The smallest absolute Gasteiger partial charge is 0.248 e. The second-order valence-corrected chi connectivity index (χ2v) is 20.4. The highest BCUT2D eigenvalue weighted by molar-refractivity contribution is 7.91. The molecule has 10 heteroatoms. The molecule has 1 aliphatic rings. The Hall–Kier alpha value is -3.49. The first-order valence-electron chi connectivity index (χ1n) is 14.2. The molecule has 0 saturated carbocycles. The van der Waals surface area contributed by atoms with E-state index in [-0.39, 0.29) is 6.61 Å². The van der Waals surface area contributed by atoms with Gasteiger partial charge in [-0.05, 0) is 56.1 Å². The summed E-state index contributed by atoms with van der Waals surface area (Å²) < 4.78 is 36.5. The van der Waals surface area contributed by atoms with Gasteiger partial charge < -0.3 is 14.4 Å². The number of hydrogen-bond acceptors (Lipinski definition) is 6. The maximum Gasteiger partial charge on any atom is 0.248 e. The first kappa shape index (κ1) is 30.0. The van der Waals surface area contributed by atoms with Gasteiger partial charge in [-0.25, -0.2) is 17.4 Å². The van der Waals surface area contributed by atoms with E-state index in [0.29, 0.717) is 48.3 Å². The maximum atomic E-state index is 14.1. The summed E-state index contributed by atoms with van der Waals surface area (Å²) in [5.41, 5.74) is 4.93. The third-order valence-electron chi connectivity index (χ3n) is 7.97. The Morgan fingerprint density at radius 3 is 2.62 bits per heavy atom. The van der Waals surface area contributed by atoms with E-state index in [1.165, 1.54) is 3.97 Å². The van der Waals surface area contributed by atoms with E-state index in [0.717, 1.165) is 33.9 Å². The number of nitriles is 1. The minimum Gasteiger partial charge on any atom is -0.392 e. The Labute approximate surface area is 248 Å². The van der Waals surface area contributed by atoms with Crippen molar-refractivity contribution in [1.29, 1.82) is 5.26 Å². The molecule has 1 unspecified atom stereocenters. The molecule has 220 valence electrons. The zero-order chi connectivity index (χ0) is 30.3. The number of imidazole rings is 1. The van der Waals surface area contributed by atoms with E-state index in [9.17, 15) is 18.8 Å². The lowest BCUT2D eigenvalue weighted by atomic mass is 9.98. The summed E-state index contributed by atoms with van der Waals surface area (Å²) in [6.07, 6.45) is 8.01. The van der Waals surface area contributed by atoms with Crippen molar-refractivity contribution in [1.82, 2.24) is 13.5 Å². The van der Waals surface area contributed by atoms with Crippen LogP contribution in [0, 0.1) is 11.3 Å². The van der Waals surface area contributed by atoms with Crippen LogP contribution in [0.15, 0.2) is 66.4 Å². The molecule has 0 spiro atoms. The zero-order valence-corrected chi connectivity index (χ0v) is 26.7. The predicted molar refractivity (Wildman–Crippen MR) is 169 cm³/mol. The van der Waals surface area contributed by atoms with Crippen LogP contribution in [0.25, 0.3) is 21.9 Å². The molecule has 0 radical (unpaired) electrons. The fourth-order valence-corrected chi connectivity index (χ4v) is 8.07. The summed E-state index contributed by atoms with van der Waals surface area (Å²) in [4.78, 5) is 4.89. The molecular weight excluding hydrogens is 565 g/mol. The summed E-state index contributed by atoms with van der Waals surface area (Å²) in [5.74, 6) is 0.754. The number of ether oxygens (including phenoxy) is 1. The zero-order valence-electron chi connectivity index (χ0n) is 24.9. The van der Waals surface area contributed by atoms with Crippen molar-refractivity contribution in [3.05, 3.63) is 88.9 Å². The maximum absolute atomic E-state index is 14.1. The molecule has 4 aromatic rings. The Morgan fingerprint density at radius 2 is 1.93 bits per heavy atom. The number of hydrogen-bond donors (Lipinski definition) is 1. The van der Waals surface area contributed by atoms with Crippen LogP contribution in [0.3, 0.4) is 0 Å². The Kier molecular flexibility index (Phi) is 8.07. The number of allylic oxidation sites excluding steroid dienone is 3. The Balaban J connectivity index is 1.58. The molecule has 42 heavy (non-hydrogen) atoms. The van der Waals surface area contributed by atoms with Gasteiger partial charge >= 0.3 is 0 Å². The van der Waals surface area contributed by atoms with Crippen LogP contribution in [0.1, 0.15) is 42.8 Å². The second-order valence-electron chi connectivity index (χ2n) is 12.5. The molecule has 2 aromatic heterocycles. The van der Waals surface area contributed by atoms with Gasteiger partial charge in [-0.1, -0.05) is 55.6 Å². The molecule has 2 heterocycles. The van der Waals surface area contributed by atoms with Crippen molar-refractivity contribution in [2.75, 3.05) is 6.61 Å². The number of fused-ring (bicyclic) bond motifs is 2. The van der Waals surface area contributed by atoms with Gasteiger partial charge in [-0.2, -0.15) is 5.26 Å². The van der Waals surface area contributed by atoms with Crippen molar-refractivity contribution in [2.24, 2.45) is 0 Å². The largest absolute Gasteiger partial charge is 0.392 e. The third-order valence-corrected chi connectivity index (χ3v) is 12.0. The molecule has 0 aliphatic heterocycles. The first-order chi connectivity index (χ1) is 19.9. The lowest BCUT2D eigenvalue weighted by Gasteiger charge is -2.29. The van der Waals surface area contributed by atoms with Crippen LogP contribution < -0.4 is 0 Å². The molecule has 5 rings (SSSR count). The normalized spacial score (nSPS) is 17.6. The van der Waals surface area contributed by atoms with Gasteiger partial charge in [0.05, 0.1) is 34.8 Å². The van der Waals surface area contributed by atoms with Crippen LogP contribution in [0.5, 0.6) is 0 Å². The molecule has 8 nitrogen and oxygen atoms in total. The Morgan fingerprint density at radius 1 is 1.17 bits per heavy atom. The second kappa shape index (κ2) is 11.3. The fraction of sp³-hybridized carbons (Fsp3) is 0.375. The molecule has 0 amide bonds. The van der Waals surface area contributed by atoms with E-state index in [1.807, 2.05) is 41.8 Å². The number of aliphatic hydroxyl groups excluding tert-OH is 1. The molecule has 1 aliphatic carbocycles. The lowest BCUT2D eigenvalue weighted by molar-refractivity contribution is 0.0881. The van der Waals surface area contributed by atoms with Gasteiger partial charge in [-0.3, -0.25) is 0 Å². The van der Waals surface area contributed by atoms with Gasteiger partial charge in [0.25, 0.3) is 0 Å². The molecule has 2 aromatic carbocycles. The van der Waals surface area contributed by atoms with Gasteiger partial charge in [0.1, 0.15) is 17.3 Å². The van der Waals surface area contributed by atoms with Crippen molar-refractivity contribution in [3.8, 4) is 6.07 Å². The van der Waals surface area contributed by atoms with Crippen LogP contribution >= 0.6 is 0 Å². The third kappa shape index (κ3) is 5.62. The summed E-state index contributed by atoms with van der Waals surface area (Å²) in [6, 6.07) is 14.2. The quantitative estimate of drug-likeness (QED) is 0.173. The minimum atomic E-state index is -3.85. The average Bonchev–Trinajstić information content (AvgIpc) is 3.53. The molecule has 0 saturated heterocycles. The molecule has 1 N–H and O–H groups in total. The Bertz CT molecular complexity index is 1870. The van der Waals surface area contributed by atoms with Crippen molar-refractivity contribution >= 4 is 40.0 Å². The van der Waals surface area contributed by atoms with Crippen LogP contribution in [0.2, 0.25) is 25.7 Å². The van der Waals surface area contributed by atoms with Gasteiger partial charge in [0.2, 0.25) is 10.0 Å². The summed E-state index contributed by atoms with van der Waals surface area (Å²) in [7, 11) is -5.11. The van der Waals surface area contributed by atoms with Crippen molar-refractivity contribution in [3.63, 3.8) is 0 Å². The van der Waals surface area contributed by atoms with Gasteiger partial charge in [-0.15, -0.1) is 0 Å². The van der Waals surface area contributed by atoms with Crippen LogP contribution in [0.4, 0.5) is 0 Å². The number of benzene rings is 2. The van der Waals surface area contributed by atoms with Crippen molar-refractivity contribution in [2.45, 2.75) is 70.5 Å². The van der Waals surface area contributed by atoms with E-state index >= 15 is 0 Å². The van der Waals surface area contributed by atoms with E-state index in [4.69, 9.17) is 9.72 Å². The average molecular weight is 603 g/mol. The van der Waals surface area contributed by atoms with Crippen molar-refractivity contribution < 1.29 is 18.3 Å². The number of aliphatic hydroxyl groups is 1. The lowest BCUT2D eigenvalue weighted by Crippen LogP contribution is -2.38. The number of rotatable bonds is 10. The summed E-state index contributed by atoms with van der Waals surface area (Å²) in [5, 5.41) is 20.4. The standard InChI is InChI=1S/C32H38N4O4SSi/c1-23-7-6-13-32(2,19-23)41(38,39)36-14-12-27-25(9-10-26(21-37)31(27)36)18-30-34-28-17-24(20-33)8-11-29(28)35(30)22-40-15-16-42(3,4)5/h6-12,14,17,19,37H,13,15-16,18,21-22H2,1-5H3. The minimum absolute atomic E-state index is 0.290. The predicted octanol–water partition coefficient (Wildman–Crippen LogP) is 6.10. The number of aromatic nitrogens is 3. The number of nitrogens with zero attached hydrogens (tertiary/aromatic N) is 4. The van der Waals surface area contributed by atoms with E-state index < -0.39 is 22.8 Å². The molecular formula is C32H38N4O4SSi. The summed E-state index contributed by atoms with van der Waals surface area (Å²) >= 11 is 0. The summed E-state index contributed by atoms with van der Waals surface area (Å²) in [6.45, 7) is 11.3. The highest BCUT2D eigenvalue weighted by Gasteiger charge is 2.39. The highest BCUT2D eigenvalue weighted by Crippen LogP contribution is 2.35. The SMILES string of the molecule is CC1=CC(C)(S(=O)(=O)n2ccc3c(Cc4nc5cc(C#N)ccc5n4COCC[Si](C)(C)C)ccc(CO)c32)CC=C1. The molecule has 0 bridgehead atoms. The van der Waals surface area contributed by atoms with Crippen LogP contribution in [-0.2, 0) is 34.5 Å². The van der Waals surface area contributed by atoms with Gasteiger partial charge in [0.15, 0.2) is 0 Å². The topological polar surface area (TPSA) is 110 Å².